The van der Waals surface area contributed by atoms with E-state index in [0.29, 0.717) is 10.1 Å². The summed E-state index contributed by atoms with van der Waals surface area (Å²) in [5.41, 5.74) is 4.44. The van der Waals surface area contributed by atoms with Crippen LogP contribution < -0.4 is 10.2 Å². The van der Waals surface area contributed by atoms with Gasteiger partial charge in [0.2, 0.25) is 0 Å². The molecule has 1 aromatic heterocycles. The molecule has 0 saturated carbocycles. The van der Waals surface area contributed by atoms with Crippen molar-refractivity contribution >= 4 is 11.8 Å². The minimum atomic E-state index is -1.14. The highest BCUT2D eigenvalue weighted by Crippen LogP contribution is 2.19. The number of hydrogen-bond acceptors (Lipinski definition) is 3. The quantitative estimate of drug-likeness (QED) is 0.576. The monoisotopic (exact) mass is 198 g/mol. The van der Waals surface area contributed by atoms with Gasteiger partial charge in [-0.3, -0.25) is 10.5 Å². The highest BCUT2D eigenvalue weighted by atomic mass is 16.4. The van der Waals surface area contributed by atoms with Crippen LogP contribution in [0, 0.1) is 4.91 Å². The van der Waals surface area contributed by atoms with Crippen molar-refractivity contribution in [1.82, 2.24) is 4.98 Å². The summed E-state index contributed by atoms with van der Waals surface area (Å²) in [5, 5.41) is 8.89. The molecule has 0 bridgehead atoms. The predicted octanol–water partition coefficient (Wildman–Crippen LogP) is -0.126. The number of carboxylic acids is 1. The lowest BCUT2D eigenvalue weighted by Gasteiger charge is -2.17. The van der Waals surface area contributed by atoms with Crippen molar-refractivity contribution in [2.45, 2.75) is 19.3 Å². The fraction of sp³-hybridized carbons (Fsp3) is 0.375. The van der Waals surface area contributed by atoms with Crippen molar-refractivity contribution in [2.75, 3.05) is 5.73 Å². The van der Waals surface area contributed by atoms with Crippen molar-refractivity contribution in [3.8, 4) is 0 Å². The molecule has 0 aliphatic heterocycles. The molecular weight excluding hydrogens is 186 g/mol. The molecule has 0 amide bonds. The minimum Gasteiger partial charge on any atom is -0.481 e. The Labute approximate surface area is 80.0 Å². The van der Waals surface area contributed by atoms with Crippen LogP contribution in [0.2, 0.25) is 0 Å². The Bertz CT molecular complexity index is 422. The number of carboxylic acid groups (broad SMARTS) is 1. The van der Waals surface area contributed by atoms with Gasteiger partial charge in [-0.05, 0) is 13.8 Å². The number of nitrogens with zero attached hydrogens (tertiary/aromatic N) is 1. The molecule has 14 heavy (non-hydrogen) atoms. The topological polar surface area (TPSA) is 102 Å². The normalized spacial score (nSPS) is 11.3. The van der Waals surface area contributed by atoms with Gasteiger partial charge in [-0.25, -0.2) is 0 Å². The number of nitrogen functional groups attached to an aromatic ring is 1. The van der Waals surface area contributed by atoms with Gasteiger partial charge in [0.1, 0.15) is 5.41 Å². The van der Waals surface area contributed by atoms with Crippen molar-refractivity contribution < 1.29 is 14.3 Å². The number of aromatic amines is 1. The van der Waals surface area contributed by atoms with Crippen molar-refractivity contribution in [3.05, 3.63) is 23.0 Å². The second kappa shape index (κ2) is 3.13. The lowest BCUT2D eigenvalue weighted by atomic mass is 9.90. The molecule has 6 nitrogen and oxygen atoms in total. The number of carbonyl (C=O) groups is 1. The molecule has 0 atom stereocenters. The molecule has 1 aromatic rings. The Morgan fingerprint density at radius 3 is 2.64 bits per heavy atom. The summed E-state index contributed by atoms with van der Waals surface area (Å²) in [6.45, 7) is 2.99. The summed E-state index contributed by atoms with van der Waals surface area (Å²) in [4.78, 5) is 24.6. The Kier molecular flexibility index (Phi) is 2.29. The third-order valence-corrected chi connectivity index (χ3v) is 2.08. The molecule has 1 heterocycles. The highest BCUT2D eigenvalue weighted by Gasteiger charge is 2.31. The van der Waals surface area contributed by atoms with Gasteiger partial charge in [-0.15, -0.1) is 0 Å². The standard InChI is InChI=1S/C8H11N3O3/c1-8(2,7(12)13)5-4-11(14)6(9)3-10-5/h3-4H,9H2,1-2H3,(H-,10,12,13,14)/p+1. The number of anilines is 1. The number of nitrogens with two attached hydrogens (primary N) is 1. The number of aliphatic carboxylic acids is 1. The van der Waals surface area contributed by atoms with E-state index >= 15 is 0 Å². The summed E-state index contributed by atoms with van der Waals surface area (Å²) in [5.74, 6) is -1.02. The number of nitrogens with one attached hydrogen (secondary N) is 1. The van der Waals surface area contributed by atoms with E-state index in [2.05, 4.69) is 4.98 Å². The maximum Gasteiger partial charge on any atom is 0.333 e. The number of H-pyrrole nitrogens is 1. The van der Waals surface area contributed by atoms with Gasteiger partial charge in [-0.2, -0.15) is 0 Å². The van der Waals surface area contributed by atoms with Crippen LogP contribution in [0.25, 0.3) is 0 Å². The first-order valence-corrected chi connectivity index (χ1v) is 4.00. The van der Waals surface area contributed by atoms with Gasteiger partial charge in [0.25, 0.3) is 0 Å². The molecule has 0 aromatic carbocycles. The molecule has 1 rings (SSSR count). The lowest BCUT2D eigenvalue weighted by Crippen LogP contribution is -2.33. The molecule has 0 aliphatic carbocycles. The average molecular weight is 198 g/mol. The lowest BCUT2D eigenvalue weighted by molar-refractivity contribution is -0.479. The summed E-state index contributed by atoms with van der Waals surface area (Å²) in [6, 6.07) is 0. The summed E-state index contributed by atoms with van der Waals surface area (Å²) < 4.78 is 0.427. The smallest absolute Gasteiger partial charge is 0.333 e. The Balaban J connectivity index is 3.28. The van der Waals surface area contributed by atoms with E-state index < -0.39 is 11.4 Å². The van der Waals surface area contributed by atoms with Gasteiger partial charge in [0.15, 0.2) is 6.20 Å². The van der Waals surface area contributed by atoms with E-state index in [9.17, 15) is 9.70 Å². The van der Waals surface area contributed by atoms with Crippen LogP contribution in [-0.4, -0.2) is 16.1 Å². The van der Waals surface area contributed by atoms with Crippen LogP contribution in [0.5, 0.6) is 0 Å². The van der Waals surface area contributed by atoms with E-state index in [0.717, 1.165) is 6.20 Å². The van der Waals surface area contributed by atoms with Crippen molar-refractivity contribution in [1.29, 1.82) is 0 Å². The Morgan fingerprint density at radius 2 is 2.21 bits per heavy atom. The van der Waals surface area contributed by atoms with E-state index in [1.165, 1.54) is 20.0 Å². The second-order valence-electron chi connectivity index (χ2n) is 3.51. The number of rotatable bonds is 2. The molecule has 76 valence electrons. The first-order valence-electron chi connectivity index (χ1n) is 4.00. The highest BCUT2D eigenvalue weighted by molar-refractivity contribution is 5.79. The summed E-state index contributed by atoms with van der Waals surface area (Å²) in [6.07, 6.45) is 2.40. The molecule has 0 saturated heterocycles. The Morgan fingerprint density at radius 1 is 1.64 bits per heavy atom. The van der Waals surface area contributed by atoms with Gasteiger partial charge in [-0.1, -0.05) is 4.91 Å². The fourth-order valence-corrected chi connectivity index (χ4v) is 0.901. The van der Waals surface area contributed by atoms with Crippen LogP contribution >= 0.6 is 0 Å². The maximum absolute atomic E-state index is 11.1. The molecule has 0 radical (unpaired) electrons. The molecule has 0 aliphatic rings. The zero-order valence-electron chi connectivity index (χ0n) is 7.94. The first-order chi connectivity index (χ1) is 6.35. The maximum atomic E-state index is 11.1. The van der Waals surface area contributed by atoms with Crippen molar-refractivity contribution in [3.63, 3.8) is 0 Å². The van der Waals surface area contributed by atoms with Gasteiger partial charge in [0.05, 0.1) is 11.9 Å². The second-order valence-corrected chi connectivity index (χ2v) is 3.51. The molecule has 0 spiro atoms. The first kappa shape index (κ1) is 10.2. The number of hydrogen-bond donors (Lipinski definition) is 3. The molecular formula is C8H12N3O3+. The summed E-state index contributed by atoms with van der Waals surface area (Å²) >= 11 is 0. The third kappa shape index (κ3) is 1.59. The van der Waals surface area contributed by atoms with E-state index in [1.54, 1.807) is 0 Å². The zero-order valence-corrected chi connectivity index (χ0v) is 7.94. The van der Waals surface area contributed by atoms with Crippen molar-refractivity contribution in [2.24, 2.45) is 0 Å². The van der Waals surface area contributed by atoms with Crippen LogP contribution in [0.15, 0.2) is 12.4 Å². The molecule has 0 fully saturated rings. The van der Waals surface area contributed by atoms with Crippen LogP contribution in [0.4, 0.5) is 5.82 Å². The van der Waals surface area contributed by atoms with Gasteiger partial charge < -0.3 is 10.1 Å². The van der Waals surface area contributed by atoms with E-state index in [-0.39, 0.29) is 5.82 Å². The predicted molar refractivity (Wildman–Crippen MR) is 49.2 cm³/mol. The molecule has 4 N–H and O–H groups in total. The van der Waals surface area contributed by atoms with E-state index in [4.69, 9.17) is 10.8 Å². The fourth-order valence-electron chi connectivity index (χ4n) is 0.901. The Hall–Kier alpha value is -1.85. The zero-order chi connectivity index (χ0) is 10.9. The largest absolute Gasteiger partial charge is 0.481 e. The van der Waals surface area contributed by atoms with Gasteiger partial charge >= 0.3 is 11.8 Å². The van der Waals surface area contributed by atoms with Gasteiger partial charge in [0, 0.05) is 4.43 Å². The van der Waals surface area contributed by atoms with Crippen LogP contribution in [-0.2, 0) is 10.2 Å². The average Bonchev–Trinajstić information content (AvgIpc) is 2.09. The number of aromatic nitrogens is 2. The van der Waals surface area contributed by atoms with E-state index in [1.807, 2.05) is 0 Å². The third-order valence-electron chi connectivity index (χ3n) is 2.08. The minimum absolute atomic E-state index is 0.00469. The molecule has 6 heteroatoms. The van der Waals surface area contributed by atoms with Crippen LogP contribution in [0.3, 0.4) is 0 Å². The summed E-state index contributed by atoms with van der Waals surface area (Å²) in [7, 11) is 0. The molecule has 0 unspecified atom stereocenters. The van der Waals surface area contributed by atoms with Crippen LogP contribution in [0.1, 0.15) is 19.5 Å². The SMILES string of the molecule is CC(C)(C(=O)O)c1c[n+](=O)c(N)c[nH]1.